The number of rotatable bonds is 4. The van der Waals surface area contributed by atoms with Gasteiger partial charge in [0.15, 0.2) is 15.6 Å². The highest BCUT2D eigenvalue weighted by Gasteiger charge is 2.23. The highest BCUT2D eigenvalue weighted by atomic mass is 32.2. The van der Waals surface area contributed by atoms with Crippen molar-refractivity contribution in [1.29, 1.82) is 0 Å². The second-order valence-corrected chi connectivity index (χ2v) is 5.27. The first-order valence-electron chi connectivity index (χ1n) is 4.50. The van der Waals surface area contributed by atoms with Crippen LogP contribution in [0.25, 0.3) is 0 Å². The van der Waals surface area contributed by atoms with E-state index < -0.39 is 15.8 Å². The predicted molar refractivity (Wildman–Crippen MR) is 59.6 cm³/mol. The van der Waals surface area contributed by atoms with Crippen molar-refractivity contribution in [3.05, 3.63) is 17.7 Å². The zero-order valence-corrected chi connectivity index (χ0v) is 10.4. The summed E-state index contributed by atoms with van der Waals surface area (Å²) in [4.78, 5) is 10.8. The molecule has 94 valence electrons. The molecule has 0 radical (unpaired) electrons. The summed E-state index contributed by atoms with van der Waals surface area (Å²) >= 11 is 0. The van der Waals surface area contributed by atoms with Crippen LogP contribution in [-0.2, 0) is 9.84 Å². The van der Waals surface area contributed by atoms with E-state index in [9.17, 15) is 13.2 Å². The molecule has 0 aliphatic heterocycles. The second-order valence-electron chi connectivity index (χ2n) is 3.28. The van der Waals surface area contributed by atoms with Crippen molar-refractivity contribution in [1.82, 2.24) is 0 Å². The van der Waals surface area contributed by atoms with E-state index in [1.54, 1.807) is 0 Å². The molecule has 0 atom stereocenters. The Kier molecular flexibility index (Phi) is 3.62. The van der Waals surface area contributed by atoms with Crippen LogP contribution in [0.3, 0.4) is 0 Å². The zero-order chi connectivity index (χ0) is 13.2. The van der Waals surface area contributed by atoms with Crippen molar-refractivity contribution < 1.29 is 27.8 Å². The highest BCUT2D eigenvalue weighted by Crippen LogP contribution is 2.32. The lowest BCUT2D eigenvalue weighted by molar-refractivity contribution is 0.0692. The Morgan fingerprint density at radius 3 is 2.18 bits per heavy atom. The number of aromatic carboxylic acids is 1. The van der Waals surface area contributed by atoms with Crippen LogP contribution in [0.4, 0.5) is 0 Å². The van der Waals surface area contributed by atoms with Crippen molar-refractivity contribution in [2.75, 3.05) is 20.5 Å². The highest BCUT2D eigenvalue weighted by molar-refractivity contribution is 7.90. The van der Waals surface area contributed by atoms with Gasteiger partial charge in [-0.05, 0) is 6.07 Å². The summed E-state index contributed by atoms with van der Waals surface area (Å²) in [6.07, 6.45) is 0.968. The van der Waals surface area contributed by atoms with Crippen LogP contribution in [0.2, 0.25) is 0 Å². The van der Waals surface area contributed by atoms with Gasteiger partial charge in [-0.15, -0.1) is 0 Å². The molecule has 1 N–H and O–H groups in total. The Hall–Kier alpha value is -1.76. The van der Waals surface area contributed by atoms with E-state index in [-0.39, 0.29) is 22.0 Å². The molecular weight excluding hydrogens is 248 g/mol. The molecule has 1 aromatic rings. The van der Waals surface area contributed by atoms with E-state index in [0.29, 0.717) is 0 Å². The SMILES string of the molecule is COc1cc(C(=O)O)c(OC)c(S(C)(=O)=O)c1. The molecule has 0 amide bonds. The summed E-state index contributed by atoms with van der Waals surface area (Å²) < 4.78 is 32.8. The first kappa shape index (κ1) is 13.3. The Labute approximate surface area is 98.7 Å². The molecule has 7 heteroatoms. The van der Waals surface area contributed by atoms with Gasteiger partial charge in [0.25, 0.3) is 0 Å². The third-order valence-electron chi connectivity index (χ3n) is 2.10. The topological polar surface area (TPSA) is 89.9 Å². The van der Waals surface area contributed by atoms with Crippen molar-refractivity contribution in [2.24, 2.45) is 0 Å². The molecule has 0 fully saturated rings. The van der Waals surface area contributed by atoms with E-state index in [0.717, 1.165) is 6.26 Å². The van der Waals surface area contributed by atoms with Gasteiger partial charge in [0.05, 0.1) is 14.2 Å². The largest absolute Gasteiger partial charge is 0.497 e. The fraction of sp³-hybridized carbons (Fsp3) is 0.300. The maximum Gasteiger partial charge on any atom is 0.339 e. The lowest BCUT2D eigenvalue weighted by Gasteiger charge is -2.12. The summed E-state index contributed by atoms with van der Waals surface area (Å²) in [7, 11) is -1.07. The summed E-state index contributed by atoms with van der Waals surface area (Å²) in [6, 6.07) is 2.43. The number of hydrogen-bond acceptors (Lipinski definition) is 5. The first-order chi connectivity index (χ1) is 7.81. The van der Waals surface area contributed by atoms with Crippen molar-refractivity contribution in [3.63, 3.8) is 0 Å². The van der Waals surface area contributed by atoms with Gasteiger partial charge in [0, 0.05) is 12.3 Å². The molecule has 17 heavy (non-hydrogen) atoms. The summed E-state index contributed by atoms with van der Waals surface area (Å²) in [5, 5.41) is 8.98. The maximum absolute atomic E-state index is 11.5. The Morgan fingerprint density at radius 1 is 1.24 bits per heavy atom. The minimum absolute atomic E-state index is 0.142. The second kappa shape index (κ2) is 4.62. The Bertz CT molecular complexity index is 546. The monoisotopic (exact) mass is 260 g/mol. The van der Waals surface area contributed by atoms with Crippen LogP contribution in [-0.4, -0.2) is 40.0 Å². The molecule has 0 aliphatic carbocycles. The van der Waals surface area contributed by atoms with Crippen LogP contribution in [0.5, 0.6) is 11.5 Å². The number of ether oxygens (including phenoxy) is 2. The average Bonchev–Trinajstić information content (AvgIpc) is 2.25. The molecule has 0 unspecified atom stereocenters. The number of benzene rings is 1. The fourth-order valence-corrected chi connectivity index (χ4v) is 2.20. The van der Waals surface area contributed by atoms with Gasteiger partial charge in [0.2, 0.25) is 0 Å². The molecule has 0 saturated carbocycles. The minimum atomic E-state index is -3.60. The van der Waals surface area contributed by atoms with Gasteiger partial charge in [-0.2, -0.15) is 0 Å². The molecule has 0 bridgehead atoms. The number of hydrogen-bond donors (Lipinski definition) is 1. The van der Waals surface area contributed by atoms with E-state index in [4.69, 9.17) is 14.6 Å². The molecule has 1 rings (SSSR count). The smallest absolute Gasteiger partial charge is 0.339 e. The van der Waals surface area contributed by atoms with Gasteiger partial charge < -0.3 is 14.6 Å². The third-order valence-corrected chi connectivity index (χ3v) is 3.20. The molecule has 0 aliphatic rings. The molecule has 6 nitrogen and oxygen atoms in total. The van der Waals surface area contributed by atoms with Crippen LogP contribution in [0.1, 0.15) is 10.4 Å². The zero-order valence-electron chi connectivity index (χ0n) is 9.55. The van der Waals surface area contributed by atoms with E-state index >= 15 is 0 Å². The quantitative estimate of drug-likeness (QED) is 0.861. The number of methoxy groups -OCH3 is 2. The first-order valence-corrected chi connectivity index (χ1v) is 6.39. The number of sulfone groups is 1. The van der Waals surface area contributed by atoms with E-state index in [1.807, 2.05) is 0 Å². The number of carboxylic acid groups (broad SMARTS) is 1. The molecular formula is C10H12O6S. The Balaban J connectivity index is 3.69. The predicted octanol–water partition coefficient (Wildman–Crippen LogP) is 0.805. The van der Waals surface area contributed by atoms with Crippen molar-refractivity contribution in [2.45, 2.75) is 4.90 Å². The van der Waals surface area contributed by atoms with Crippen LogP contribution >= 0.6 is 0 Å². The summed E-state index contributed by atoms with van der Waals surface area (Å²) in [6.45, 7) is 0. The maximum atomic E-state index is 11.5. The summed E-state index contributed by atoms with van der Waals surface area (Å²) in [5.41, 5.74) is -0.257. The van der Waals surface area contributed by atoms with Crippen molar-refractivity contribution >= 4 is 15.8 Å². The van der Waals surface area contributed by atoms with Gasteiger partial charge in [0.1, 0.15) is 16.2 Å². The molecule has 0 heterocycles. The van der Waals surface area contributed by atoms with Gasteiger partial charge in [-0.1, -0.05) is 0 Å². The molecule has 0 aromatic heterocycles. The van der Waals surface area contributed by atoms with E-state index in [1.165, 1.54) is 26.4 Å². The number of carbonyl (C=O) groups is 1. The molecule has 0 spiro atoms. The van der Waals surface area contributed by atoms with E-state index in [2.05, 4.69) is 0 Å². The molecule has 1 aromatic carbocycles. The van der Waals surface area contributed by atoms with Crippen LogP contribution in [0.15, 0.2) is 17.0 Å². The Morgan fingerprint density at radius 2 is 1.82 bits per heavy atom. The van der Waals surface area contributed by atoms with Crippen LogP contribution in [0, 0.1) is 0 Å². The molecule has 0 saturated heterocycles. The fourth-order valence-electron chi connectivity index (χ4n) is 1.34. The van der Waals surface area contributed by atoms with Gasteiger partial charge in [-0.25, -0.2) is 13.2 Å². The summed E-state index contributed by atoms with van der Waals surface area (Å²) in [5.74, 6) is -1.34. The average molecular weight is 260 g/mol. The third kappa shape index (κ3) is 2.68. The van der Waals surface area contributed by atoms with Crippen molar-refractivity contribution in [3.8, 4) is 11.5 Å². The normalized spacial score (nSPS) is 11.0. The standard InChI is InChI=1S/C10H12O6S/c1-15-6-4-7(10(11)12)9(16-2)8(5-6)17(3,13)14/h4-5H,1-3H3,(H,11,12). The lowest BCUT2D eigenvalue weighted by atomic mass is 10.2. The van der Waals surface area contributed by atoms with Gasteiger partial charge >= 0.3 is 5.97 Å². The number of carboxylic acids is 1. The minimum Gasteiger partial charge on any atom is -0.497 e. The van der Waals surface area contributed by atoms with Gasteiger partial charge in [-0.3, -0.25) is 0 Å². The lowest BCUT2D eigenvalue weighted by Crippen LogP contribution is -2.07. The van der Waals surface area contributed by atoms with Crippen LogP contribution < -0.4 is 9.47 Å².